The average molecular weight is 531 g/mol. The molecule has 2 N–H and O–H groups in total. The van der Waals surface area contributed by atoms with Crippen molar-refractivity contribution in [3.63, 3.8) is 0 Å². The van der Waals surface area contributed by atoms with Crippen LogP contribution in [-0.4, -0.2) is 66.7 Å². The predicted molar refractivity (Wildman–Crippen MR) is 140 cm³/mol. The molecule has 10 nitrogen and oxygen atoms in total. The Kier molecular flexibility index (Phi) is 8.17. The first-order valence-electron chi connectivity index (χ1n) is 11.7. The van der Waals surface area contributed by atoms with Crippen LogP contribution in [0.2, 0.25) is 0 Å². The molecule has 1 unspecified atom stereocenters. The van der Waals surface area contributed by atoms with Gasteiger partial charge in [-0.25, -0.2) is 18.4 Å². The normalized spacial score (nSPS) is 14.4. The van der Waals surface area contributed by atoms with Gasteiger partial charge in [0.2, 0.25) is 15.9 Å². The summed E-state index contributed by atoms with van der Waals surface area (Å²) in [6.07, 6.45) is 6.75. The van der Waals surface area contributed by atoms with Crippen LogP contribution in [0.25, 0.3) is 10.6 Å². The minimum Gasteiger partial charge on any atom is -0.477 e. The van der Waals surface area contributed by atoms with Gasteiger partial charge in [-0.05, 0) is 64.5 Å². The number of nitrogens with zero attached hydrogens (tertiary/aromatic N) is 4. The molecule has 0 aliphatic heterocycles. The third-order valence-electron chi connectivity index (χ3n) is 5.54. The third-order valence-corrected chi connectivity index (χ3v) is 8.43. The topological polar surface area (TPSA) is 126 Å². The van der Waals surface area contributed by atoms with Gasteiger partial charge in [-0.3, -0.25) is 14.5 Å². The number of benzene rings is 1. The Morgan fingerprint density at radius 1 is 1.25 bits per heavy atom. The lowest BCUT2D eigenvalue weighted by atomic mass is 10.0. The van der Waals surface area contributed by atoms with Gasteiger partial charge in [-0.15, -0.1) is 11.3 Å². The zero-order valence-corrected chi connectivity index (χ0v) is 22.1. The zero-order valence-electron chi connectivity index (χ0n) is 20.5. The molecular formula is C24H30N6O4S2. The Balaban J connectivity index is 1.51. The highest BCUT2D eigenvalue weighted by Crippen LogP contribution is 2.31. The fourth-order valence-corrected chi connectivity index (χ4v) is 5.71. The summed E-state index contributed by atoms with van der Waals surface area (Å²) in [5.41, 5.74) is 1.89. The van der Waals surface area contributed by atoms with Gasteiger partial charge in [0.1, 0.15) is 5.69 Å². The van der Waals surface area contributed by atoms with Crippen molar-refractivity contribution in [2.75, 3.05) is 32.0 Å². The number of aromatic nitrogens is 3. The Labute approximate surface area is 215 Å². The molecule has 1 atom stereocenters. The van der Waals surface area contributed by atoms with E-state index in [0.717, 1.165) is 12.1 Å². The highest BCUT2D eigenvalue weighted by Gasteiger charge is 2.35. The minimum absolute atomic E-state index is 0.300. The van der Waals surface area contributed by atoms with Crippen molar-refractivity contribution < 1.29 is 17.9 Å². The lowest BCUT2D eigenvalue weighted by Gasteiger charge is -2.21. The van der Waals surface area contributed by atoms with E-state index < -0.39 is 10.0 Å². The number of ether oxygens (including phenoxy) is 1. The molecular weight excluding hydrogens is 500 g/mol. The van der Waals surface area contributed by atoms with E-state index in [1.165, 1.54) is 17.5 Å². The summed E-state index contributed by atoms with van der Waals surface area (Å²) in [6, 6.07) is 6.85. The molecule has 1 saturated carbocycles. The summed E-state index contributed by atoms with van der Waals surface area (Å²) < 4.78 is 32.9. The van der Waals surface area contributed by atoms with Crippen LogP contribution < -0.4 is 14.8 Å². The number of anilines is 1. The second-order valence-corrected chi connectivity index (χ2v) is 11.8. The van der Waals surface area contributed by atoms with Gasteiger partial charge >= 0.3 is 0 Å². The fraction of sp³-hybridized carbons (Fsp3) is 0.417. The number of sulfonamides is 1. The van der Waals surface area contributed by atoms with Gasteiger partial charge in [-0.1, -0.05) is 12.1 Å². The van der Waals surface area contributed by atoms with Crippen molar-refractivity contribution in [3.8, 4) is 16.5 Å². The molecule has 1 aliphatic rings. The van der Waals surface area contributed by atoms with Gasteiger partial charge in [0.25, 0.3) is 5.91 Å². The summed E-state index contributed by atoms with van der Waals surface area (Å²) in [5, 5.41) is 3.05. The number of nitrogens with one attached hydrogen (secondary N) is 2. The lowest BCUT2D eigenvalue weighted by molar-refractivity contribution is 0.0932. The maximum atomic E-state index is 13.1. The van der Waals surface area contributed by atoms with Crippen molar-refractivity contribution >= 4 is 33.0 Å². The highest BCUT2D eigenvalue weighted by molar-refractivity contribution is 7.93. The molecule has 1 amide bonds. The van der Waals surface area contributed by atoms with Crippen LogP contribution in [-0.2, 0) is 10.0 Å². The molecule has 36 heavy (non-hydrogen) atoms. The predicted octanol–water partition coefficient (Wildman–Crippen LogP) is 3.33. The van der Waals surface area contributed by atoms with E-state index in [2.05, 4.69) is 25.0 Å². The molecule has 2 heterocycles. The van der Waals surface area contributed by atoms with Crippen LogP contribution in [0.15, 0.2) is 42.9 Å². The van der Waals surface area contributed by atoms with Gasteiger partial charge in [-0.2, -0.15) is 0 Å². The molecule has 0 spiro atoms. The molecule has 0 saturated heterocycles. The molecule has 1 aromatic carbocycles. The Morgan fingerprint density at radius 3 is 2.78 bits per heavy atom. The number of hydrogen-bond acceptors (Lipinski definition) is 9. The van der Waals surface area contributed by atoms with E-state index >= 15 is 0 Å². The smallest absolute Gasteiger partial charge is 0.280 e. The monoisotopic (exact) mass is 530 g/mol. The van der Waals surface area contributed by atoms with Crippen LogP contribution in [0.4, 0.5) is 5.69 Å². The summed E-state index contributed by atoms with van der Waals surface area (Å²) in [5.74, 6) is 0.100. The van der Waals surface area contributed by atoms with Crippen molar-refractivity contribution in [1.29, 1.82) is 0 Å². The van der Waals surface area contributed by atoms with Gasteiger partial charge < -0.3 is 15.0 Å². The van der Waals surface area contributed by atoms with Crippen LogP contribution in [0.3, 0.4) is 0 Å². The Morgan fingerprint density at radius 2 is 2.06 bits per heavy atom. The second-order valence-electron chi connectivity index (χ2n) is 8.80. The highest BCUT2D eigenvalue weighted by atomic mass is 32.2. The van der Waals surface area contributed by atoms with Crippen LogP contribution in [0.1, 0.15) is 47.6 Å². The molecule has 0 radical (unpaired) electrons. The number of hydrogen-bond donors (Lipinski definition) is 2. The largest absolute Gasteiger partial charge is 0.477 e. The van der Waals surface area contributed by atoms with Crippen LogP contribution >= 0.6 is 11.3 Å². The molecule has 4 rings (SSSR count). The Hall–Kier alpha value is -3.09. The van der Waals surface area contributed by atoms with Crippen molar-refractivity contribution in [3.05, 3.63) is 53.4 Å². The van der Waals surface area contributed by atoms with E-state index in [9.17, 15) is 13.2 Å². The maximum absolute atomic E-state index is 13.1. The van der Waals surface area contributed by atoms with E-state index in [1.807, 2.05) is 32.0 Å². The van der Waals surface area contributed by atoms with Crippen molar-refractivity contribution in [2.45, 2.75) is 37.5 Å². The van der Waals surface area contributed by atoms with Crippen LogP contribution in [0.5, 0.6) is 5.88 Å². The lowest BCUT2D eigenvalue weighted by Crippen LogP contribution is -2.31. The summed E-state index contributed by atoms with van der Waals surface area (Å²) in [7, 11) is 0.545. The average Bonchev–Trinajstić information content (AvgIpc) is 3.60. The summed E-state index contributed by atoms with van der Waals surface area (Å²) in [4.78, 5) is 28.7. The molecule has 0 bridgehead atoms. The first kappa shape index (κ1) is 26.0. The number of carbonyl (C=O) groups is 1. The van der Waals surface area contributed by atoms with E-state index in [4.69, 9.17) is 4.74 Å². The van der Waals surface area contributed by atoms with E-state index in [-0.39, 0.29) is 17.2 Å². The summed E-state index contributed by atoms with van der Waals surface area (Å²) >= 11 is 1.22. The SMILES string of the molecule is CCOc1cncc(-c2cnc(C(=O)NC(CCN(C)C)c3cccc(NS(=O)(=O)C4CC4)c3)s2)n1. The first-order valence-corrected chi connectivity index (χ1v) is 14.1. The van der Waals surface area contributed by atoms with E-state index in [0.29, 0.717) is 53.0 Å². The molecule has 1 aliphatic carbocycles. The van der Waals surface area contributed by atoms with Gasteiger partial charge in [0.05, 0.1) is 35.2 Å². The van der Waals surface area contributed by atoms with E-state index in [1.54, 1.807) is 30.6 Å². The van der Waals surface area contributed by atoms with Crippen LogP contribution in [0, 0.1) is 0 Å². The fourth-order valence-electron chi connectivity index (χ4n) is 3.56. The molecule has 192 valence electrons. The number of carbonyl (C=O) groups excluding carboxylic acids is 1. The van der Waals surface area contributed by atoms with Gasteiger partial charge in [0.15, 0.2) is 5.01 Å². The third kappa shape index (κ3) is 6.77. The molecule has 1 fully saturated rings. The number of rotatable bonds is 12. The minimum atomic E-state index is -3.38. The first-order chi connectivity index (χ1) is 17.2. The van der Waals surface area contributed by atoms with Crippen molar-refractivity contribution in [1.82, 2.24) is 25.2 Å². The molecule has 3 aromatic rings. The van der Waals surface area contributed by atoms with Gasteiger partial charge in [0, 0.05) is 11.9 Å². The van der Waals surface area contributed by atoms with Crippen molar-refractivity contribution in [2.24, 2.45) is 0 Å². The number of thiazole rings is 1. The number of amides is 1. The zero-order chi connectivity index (χ0) is 25.7. The standard InChI is InChI=1S/C24H30N6O4S2/c1-4-34-22-15-25-13-20(27-22)21-14-26-24(35-21)23(31)28-19(10-11-30(2)3)16-6-5-7-17(12-16)29-36(32,33)18-8-9-18/h5-7,12-15,18-19,29H,4,8-11H2,1-3H3,(H,28,31). The Bertz CT molecular complexity index is 1310. The molecule has 12 heteroatoms. The quantitative estimate of drug-likeness (QED) is 0.365. The summed E-state index contributed by atoms with van der Waals surface area (Å²) in [6.45, 7) is 3.08. The maximum Gasteiger partial charge on any atom is 0.280 e. The second kappa shape index (κ2) is 11.3. The molecule has 2 aromatic heterocycles.